The molecule has 1 atom stereocenters. The normalized spacial score (nSPS) is 29.5. The third-order valence-electron chi connectivity index (χ3n) is 5.36. The van der Waals surface area contributed by atoms with E-state index in [0.29, 0.717) is 18.8 Å². The summed E-state index contributed by atoms with van der Waals surface area (Å²) in [5.74, 6) is -0.514. The molecule has 22 heavy (non-hydrogen) atoms. The van der Waals surface area contributed by atoms with Crippen LogP contribution in [0.4, 0.5) is 13.2 Å². The number of alkyl halides is 3. The molecule has 2 fully saturated rings. The summed E-state index contributed by atoms with van der Waals surface area (Å²) in [4.78, 5) is 0. The second-order valence-electron chi connectivity index (χ2n) is 6.98. The summed E-state index contributed by atoms with van der Waals surface area (Å²) in [6, 6.07) is 0. The van der Waals surface area contributed by atoms with Crippen LogP contribution in [0.1, 0.15) is 64.2 Å². The first-order valence-corrected chi connectivity index (χ1v) is 8.87. The highest BCUT2D eigenvalue weighted by atomic mass is 19.4. The van der Waals surface area contributed by atoms with Gasteiger partial charge < -0.3 is 10.1 Å². The van der Waals surface area contributed by atoms with Gasteiger partial charge >= 0.3 is 6.18 Å². The Labute approximate surface area is 132 Å². The lowest BCUT2D eigenvalue weighted by molar-refractivity contribution is -0.190. The fourth-order valence-electron chi connectivity index (χ4n) is 3.98. The number of nitrogens with one attached hydrogen (secondary N) is 1. The highest BCUT2D eigenvalue weighted by molar-refractivity contribution is 4.81. The Balaban J connectivity index is 1.82. The summed E-state index contributed by atoms with van der Waals surface area (Å²) in [6.07, 6.45) is 5.07. The second-order valence-corrected chi connectivity index (χ2v) is 6.98. The maximum atomic E-state index is 12.7. The number of halogens is 3. The molecule has 2 nitrogen and oxygen atoms in total. The van der Waals surface area contributed by atoms with Crippen molar-refractivity contribution in [1.29, 1.82) is 0 Å². The molecule has 0 heterocycles. The van der Waals surface area contributed by atoms with Crippen LogP contribution in [0.3, 0.4) is 0 Å². The van der Waals surface area contributed by atoms with Gasteiger partial charge in [-0.2, -0.15) is 13.2 Å². The van der Waals surface area contributed by atoms with Crippen molar-refractivity contribution in [2.24, 2.45) is 11.8 Å². The maximum absolute atomic E-state index is 12.7. The van der Waals surface area contributed by atoms with Crippen molar-refractivity contribution in [1.82, 2.24) is 5.32 Å². The quantitative estimate of drug-likeness (QED) is 0.767. The Morgan fingerprint density at radius 3 is 2.18 bits per heavy atom. The average Bonchev–Trinajstić information content (AvgIpc) is 2.52. The van der Waals surface area contributed by atoms with Gasteiger partial charge in [0, 0.05) is 0 Å². The van der Waals surface area contributed by atoms with E-state index in [1.54, 1.807) is 0 Å². The van der Waals surface area contributed by atoms with Gasteiger partial charge in [0.15, 0.2) is 0 Å². The van der Waals surface area contributed by atoms with Crippen molar-refractivity contribution in [2.75, 3.05) is 13.6 Å². The van der Waals surface area contributed by atoms with Gasteiger partial charge in [0.1, 0.15) is 0 Å². The molecule has 2 rings (SSSR count). The van der Waals surface area contributed by atoms with Crippen molar-refractivity contribution >= 4 is 0 Å². The fourth-order valence-corrected chi connectivity index (χ4v) is 3.98. The number of ether oxygens (including phenoxy) is 1. The van der Waals surface area contributed by atoms with Crippen LogP contribution in [0.5, 0.6) is 0 Å². The van der Waals surface area contributed by atoms with E-state index in [-0.39, 0.29) is 25.0 Å². The van der Waals surface area contributed by atoms with Crippen LogP contribution >= 0.6 is 0 Å². The molecular formula is C17H30F3NO. The first-order chi connectivity index (χ1) is 10.5. The molecule has 0 radical (unpaired) electrons. The van der Waals surface area contributed by atoms with Crippen molar-refractivity contribution in [2.45, 2.75) is 82.6 Å². The molecule has 1 unspecified atom stereocenters. The fraction of sp³-hybridized carbons (Fsp3) is 1.00. The largest absolute Gasteiger partial charge is 0.391 e. The van der Waals surface area contributed by atoms with E-state index in [1.807, 2.05) is 7.05 Å². The van der Waals surface area contributed by atoms with Crippen LogP contribution in [0.25, 0.3) is 0 Å². The zero-order valence-corrected chi connectivity index (χ0v) is 13.6. The molecule has 2 aliphatic rings. The molecule has 2 saturated carbocycles. The Morgan fingerprint density at radius 1 is 1.00 bits per heavy atom. The van der Waals surface area contributed by atoms with E-state index in [0.717, 1.165) is 13.0 Å². The van der Waals surface area contributed by atoms with E-state index in [2.05, 4.69) is 5.32 Å². The van der Waals surface area contributed by atoms with Crippen molar-refractivity contribution in [3.63, 3.8) is 0 Å². The van der Waals surface area contributed by atoms with Crippen LogP contribution in [-0.4, -0.2) is 32.0 Å². The van der Waals surface area contributed by atoms with Crippen LogP contribution in [-0.2, 0) is 4.74 Å². The predicted octanol–water partition coefficient (Wildman–Crippen LogP) is 4.68. The zero-order valence-electron chi connectivity index (χ0n) is 13.6. The van der Waals surface area contributed by atoms with Crippen LogP contribution in [0.2, 0.25) is 0 Å². The van der Waals surface area contributed by atoms with Crippen molar-refractivity contribution in [3.05, 3.63) is 0 Å². The number of rotatable bonds is 6. The maximum Gasteiger partial charge on any atom is 0.391 e. The summed E-state index contributed by atoms with van der Waals surface area (Å²) < 4.78 is 44.5. The van der Waals surface area contributed by atoms with Gasteiger partial charge in [-0.05, 0) is 64.5 Å². The standard InChI is InChI=1S/C17H30F3NO/c1-21-12-11-16(13-5-3-2-4-6-13)22-15-9-7-14(8-10-15)17(18,19)20/h13-16,21H,2-12H2,1H3. The third-order valence-corrected chi connectivity index (χ3v) is 5.36. The molecule has 0 amide bonds. The Morgan fingerprint density at radius 2 is 1.64 bits per heavy atom. The number of hydrogen-bond donors (Lipinski definition) is 1. The van der Waals surface area contributed by atoms with Gasteiger partial charge in [0.25, 0.3) is 0 Å². The molecule has 1 N–H and O–H groups in total. The molecule has 0 saturated heterocycles. The van der Waals surface area contributed by atoms with Gasteiger partial charge in [-0.15, -0.1) is 0 Å². The molecular weight excluding hydrogens is 291 g/mol. The Kier molecular flexibility index (Phi) is 7.00. The molecule has 130 valence electrons. The van der Waals surface area contributed by atoms with Crippen molar-refractivity contribution in [3.8, 4) is 0 Å². The Bertz CT molecular complexity index is 308. The zero-order chi connectivity index (χ0) is 16.0. The minimum absolute atomic E-state index is 0.0300. The van der Waals surface area contributed by atoms with E-state index in [1.165, 1.54) is 32.1 Å². The van der Waals surface area contributed by atoms with Crippen LogP contribution < -0.4 is 5.32 Å². The molecule has 0 bridgehead atoms. The SMILES string of the molecule is CNCCC(OC1CCC(C(F)(F)F)CC1)C1CCCCC1. The minimum atomic E-state index is -4.03. The van der Waals surface area contributed by atoms with E-state index >= 15 is 0 Å². The molecule has 0 spiro atoms. The predicted molar refractivity (Wildman–Crippen MR) is 81.8 cm³/mol. The lowest BCUT2D eigenvalue weighted by Crippen LogP contribution is -2.36. The van der Waals surface area contributed by atoms with Gasteiger partial charge in [-0.3, -0.25) is 0 Å². The molecule has 0 aromatic carbocycles. The van der Waals surface area contributed by atoms with Gasteiger partial charge in [-0.1, -0.05) is 19.3 Å². The molecule has 0 aromatic rings. The van der Waals surface area contributed by atoms with Crippen molar-refractivity contribution < 1.29 is 17.9 Å². The monoisotopic (exact) mass is 321 g/mol. The van der Waals surface area contributed by atoms with Gasteiger partial charge in [-0.25, -0.2) is 0 Å². The highest BCUT2D eigenvalue weighted by Gasteiger charge is 2.42. The first kappa shape index (κ1) is 18.1. The van der Waals surface area contributed by atoms with Crippen LogP contribution in [0.15, 0.2) is 0 Å². The van der Waals surface area contributed by atoms with Gasteiger partial charge in [0.2, 0.25) is 0 Å². The summed E-state index contributed by atoms with van der Waals surface area (Å²) in [5.41, 5.74) is 0. The first-order valence-electron chi connectivity index (χ1n) is 8.87. The minimum Gasteiger partial charge on any atom is -0.375 e. The lowest BCUT2D eigenvalue weighted by Gasteiger charge is -2.36. The smallest absolute Gasteiger partial charge is 0.375 e. The Hall–Kier alpha value is -0.290. The van der Waals surface area contributed by atoms with E-state index in [9.17, 15) is 13.2 Å². The summed E-state index contributed by atoms with van der Waals surface area (Å²) in [7, 11) is 1.94. The topological polar surface area (TPSA) is 21.3 Å². The summed E-state index contributed by atoms with van der Waals surface area (Å²) in [5, 5.41) is 3.17. The van der Waals surface area contributed by atoms with E-state index < -0.39 is 12.1 Å². The summed E-state index contributed by atoms with van der Waals surface area (Å²) >= 11 is 0. The van der Waals surface area contributed by atoms with E-state index in [4.69, 9.17) is 4.74 Å². The number of hydrogen-bond acceptors (Lipinski definition) is 2. The molecule has 0 aliphatic heterocycles. The summed E-state index contributed by atoms with van der Waals surface area (Å²) in [6.45, 7) is 0.916. The third kappa shape index (κ3) is 5.41. The highest BCUT2D eigenvalue weighted by Crippen LogP contribution is 2.39. The van der Waals surface area contributed by atoms with Crippen LogP contribution in [0, 0.1) is 11.8 Å². The second kappa shape index (κ2) is 8.53. The van der Waals surface area contributed by atoms with Gasteiger partial charge in [0.05, 0.1) is 18.1 Å². The molecule has 2 aliphatic carbocycles. The molecule has 0 aromatic heterocycles. The lowest BCUT2D eigenvalue weighted by atomic mass is 9.83. The average molecular weight is 321 g/mol. The molecule has 5 heteroatoms.